The van der Waals surface area contributed by atoms with E-state index >= 15 is 0 Å². The molecule has 0 unspecified atom stereocenters. The molecule has 2 amide bonds. The molecule has 1 aromatic carbocycles. The first-order valence-corrected chi connectivity index (χ1v) is 8.96. The Hall–Kier alpha value is -2.94. The number of hydrogen-bond donors (Lipinski definition) is 5. The normalized spacial score (nSPS) is 14.0. The SMILES string of the molecule is CC(C)[C@@H](NC(=O)[C@@H](N)CCC(=O)O)C(=O)N[C@H](Cc1ccccc1)C(=O)O. The molecular weight excluding hydrogens is 366 g/mol. The first-order valence-electron chi connectivity index (χ1n) is 8.96. The minimum atomic E-state index is -1.19. The number of carbonyl (C=O) groups is 4. The van der Waals surface area contributed by atoms with Crippen LogP contribution in [0.4, 0.5) is 0 Å². The Morgan fingerprint density at radius 1 is 1.00 bits per heavy atom. The molecule has 0 radical (unpaired) electrons. The number of amides is 2. The molecule has 0 aliphatic carbocycles. The third-order valence-corrected chi connectivity index (χ3v) is 4.15. The van der Waals surface area contributed by atoms with Crippen molar-refractivity contribution in [3.8, 4) is 0 Å². The Bertz CT molecular complexity index is 692. The lowest BCUT2D eigenvalue weighted by Crippen LogP contribution is -2.56. The minimum Gasteiger partial charge on any atom is -0.481 e. The first kappa shape index (κ1) is 23.1. The highest BCUT2D eigenvalue weighted by atomic mass is 16.4. The molecule has 9 heteroatoms. The zero-order chi connectivity index (χ0) is 21.3. The maximum Gasteiger partial charge on any atom is 0.326 e. The average molecular weight is 393 g/mol. The summed E-state index contributed by atoms with van der Waals surface area (Å²) in [7, 11) is 0. The molecule has 0 aliphatic rings. The van der Waals surface area contributed by atoms with E-state index in [1.807, 2.05) is 0 Å². The summed E-state index contributed by atoms with van der Waals surface area (Å²) >= 11 is 0. The van der Waals surface area contributed by atoms with Gasteiger partial charge < -0.3 is 26.6 Å². The summed E-state index contributed by atoms with van der Waals surface area (Å²) in [6.07, 6.45) is -0.247. The molecule has 0 spiro atoms. The van der Waals surface area contributed by atoms with Crippen LogP contribution >= 0.6 is 0 Å². The van der Waals surface area contributed by atoms with Gasteiger partial charge in [0.25, 0.3) is 0 Å². The largest absolute Gasteiger partial charge is 0.481 e. The van der Waals surface area contributed by atoms with E-state index in [1.165, 1.54) is 0 Å². The van der Waals surface area contributed by atoms with Gasteiger partial charge in [0.05, 0.1) is 6.04 Å². The Kier molecular flexibility index (Phi) is 9.10. The molecule has 0 aromatic heterocycles. The molecule has 0 heterocycles. The molecule has 0 saturated carbocycles. The van der Waals surface area contributed by atoms with E-state index in [0.29, 0.717) is 0 Å². The molecule has 28 heavy (non-hydrogen) atoms. The van der Waals surface area contributed by atoms with Gasteiger partial charge in [0, 0.05) is 12.8 Å². The van der Waals surface area contributed by atoms with Gasteiger partial charge in [-0.15, -0.1) is 0 Å². The second-order valence-corrected chi connectivity index (χ2v) is 6.86. The Morgan fingerprint density at radius 3 is 2.11 bits per heavy atom. The van der Waals surface area contributed by atoms with E-state index in [-0.39, 0.29) is 25.2 Å². The average Bonchev–Trinajstić information content (AvgIpc) is 2.63. The zero-order valence-corrected chi connectivity index (χ0v) is 15.9. The topological polar surface area (TPSA) is 159 Å². The number of hydrogen-bond acceptors (Lipinski definition) is 5. The predicted molar refractivity (Wildman–Crippen MR) is 101 cm³/mol. The highest BCUT2D eigenvalue weighted by molar-refractivity contribution is 5.92. The van der Waals surface area contributed by atoms with Crippen LogP contribution < -0.4 is 16.4 Å². The highest BCUT2D eigenvalue weighted by Crippen LogP contribution is 2.07. The van der Waals surface area contributed by atoms with Gasteiger partial charge in [-0.2, -0.15) is 0 Å². The number of nitrogens with one attached hydrogen (secondary N) is 2. The molecule has 9 nitrogen and oxygen atoms in total. The molecule has 0 saturated heterocycles. The number of rotatable bonds is 11. The second kappa shape index (κ2) is 11.0. The Balaban J connectivity index is 2.77. The van der Waals surface area contributed by atoms with Crippen molar-refractivity contribution < 1.29 is 29.4 Å². The number of carboxylic acids is 2. The second-order valence-electron chi connectivity index (χ2n) is 6.86. The number of carbonyl (C=O) groups excluding carboxylic acids is 2. The predicted octanol–water partition coefficient (Wildman–Crippen LogP) is 0.131. The van der Waals surface area contributed by atoms with E-state index in [2.05, 4.69) is 10.6 Å². The van der Waals surface area contributed by atoms with Crippen molar-refractivity contribution >= 4 is 23.8 Å². The molecular formula is C19H27N3O6. The van der Waals surface area contributed by atoms with Crippen LogP contribution in [-0.4, -0.2) is 52.1 Å². The van der Waals surface area contributed by atoms with Gasteiger partial charge in [0.15, 0.2) is 0 Å². The summed E-state index contributed by atoms with van der Waals surface area (Å²) in [5.74, 6) is -3.90. The fraction of sp³-hybridized carbons (Fsp3) is 0.474. The summed E-state index contributed by atoms with van der Waals surface area (Å²) in [5, 5.41) is 23.0. The molecule has 1 aromatic rings. The van der Waals surface area contributed by atoms with E-state index < -0.39 is 41.9 Å². The Morgan fingerprint density at radius 2 is 1.61 bits per heavy atom. The molecule has 0 bridgehead atoms. The van der Waals surface area contributed by atoms with Crippen LogP contribution in [-0.2, 0) is 25.6 Å². The number of nitrogens with two attached hydrogens (primary N) is 1. The quantitative estimate of drug-likeness (QED) is 0.357. The van der Waals surface area contributed by atoms with Crippen molar-refractivity contribution in [2.75, 3.05) is 0 Å². The summed E-state index contributed by atoms with van der Waals surface area (Å²) in [4.78, 5) is 46.9. The number of carboxylic acid groups (broad SMARTS) is 2. The van der Waals surface area contributed by atoms with Crippen molar-refractivity contribution in [1.29, 1.82) is 0 Å². The fourth-order valence-electron chi connectivity index (χ4n) is 2.52. The summed E-state index contributed by atoms with van der Waals surface area (Å²) in [6, 6.07) is 5.61. The zero-order valence-electron chi connectivity index (χ0n) is 15.9. The van der Waals surface area contributed by atoms with E-state index in [9.17, 15) is 24.3 Å². The van der Waals surface area contributed by atoms with Crippen LogP contribution in [0.5, 0.6) is 0 Å². The van der Waals surface area contributed by atoms with Gasteiger partial charge >= 0.3 is 11.9 Å². The summed E-state index contributed by atoms with van der Waals surface area (Å²) in [5.41, 5.74) is 6.41. The maximum atomic E-state index is 12.6. The van der Waals surface area contributed by atoms with Crippen molar-refractivity contribution in [3.63, 3.8) is 0 Å². The smallest absolute Gasteiger partial charge is 0.326 e. The monoisotopic (exact) mass is 393 g/mol. The van der Waals surface area contributed by atoms with Crippen molar-refractivity contribution in [1.82, 2.24) is 10.6 Å². The molecule has 6 N–H and O–H groups in total. The summed E-state index contributed by atoms with van der Waals surface area (Å²) in [6.45, 7) is 3.39. The van der Waals surface area contributed by atoms with Gasteiger partial charge in [-0.25, -0.2) is 4.79 Å². The standard InChI is InChI=1S/C19H27N3O6/c1-11(2)16(22-17(25)13(20)8-9-15(23)24)18(26)21-14(19(27)28)10-12-6-4-3-5-7-12/h3-7,11,13-14,16H,8-10,20H2,1-2H3,(H,21,26)(H,22,25)(H,23,24)(H,27,28)/t13-,14+,16+/m0/s1. The molecule has 3 atom stereocenters. The van der Waals surface area contributed by atoms with Gasteiger partial charge in [-0.1, -0.05) is 44.2 Å². The van der Waals surface area contributed by atoms with Gasteiger partial charge in [-0.3, -0.25) is 14.4 Å². The van der Waals surface area contributed by atoms with E-state index in [1.54, 1.807) is 44.2 Å². The van der Waals surface area contributed by atoms with Crippen LogP contribution in [0.1, 0.15) is 32.3 Å². The lowest BCUT2D eigenvalue weighted by atomic mass is 10.0. The lowest BCUT2D eigenvalue weighted by molar-refractivity contribution is -0.142. The fourth-order valence-corrected chi connectivity index (χ4v) is 2.52. The van der Waals surface area contributed by atoms with Crippen LogP contribution in [0.25, 0.3) is 0 Å². The number of benzene rings is 1. The Labute approximate surface area is 163 Å². The van der Waals surface area contributed by atoms with Gasteiger partial charge in [-0.05, 0) is 17.9 Å². The molecule has 0 aliphatic heterocycles. The van der Waals surface area contributed by atoms with E-state index in [4.69, 9.17) is 10.8 Å². The van der Waals surface area contributed by atoms with Crippen LogP contribution in [0, 0.1) is 5.92 Å². The highest BCUT2D eigenvalue weighted by Gasteiger charge is 2.30. The van der Waals surface area contributed by atoms with Crippen molar-refractivity contribution in [2.45, 2.75) is 51.2 Å². The summed E-state index contributed by atoms with van der Waals surface area (Å²) < 4.78 is 0. The van der Waals surface area contributed by atoms with Gasteiger partial charge in [0.1, 0.15) is 12.1 Å². The van der Waals surface area contributed by atoms with Gasteiger partial charge in [0.2, 0.25) is 11.8 Å². The van der Waals surface area contributed by atoms with Crippen LogP contribution in [0.15, 0.2) is 30.3 Å². The number of aliphatic carboxylic acids is 2. The van der Waals surface area contributed by atoms with Crippen LogP contribution in [0.2, 0.25) is 0 Å². The first-order chi connectivity index (χ1) is 13.1. The van der Waals surface area contributed by atoms with Crippen molar-refractivity contribution in [2.24, 2.45) is 11.7 Å². The molecule has 1 rings (SSSR count). The third kappa shape index (κ3) is 7.75. The molecule has 0 fully saturated rings. The third-order valence-electron chi connectivity index (χ3n) is 4.15. The minimum absolute atomic E-state index is 0.0701. The van der Waals surface area contributed by atoms with Crippen LogP contribution in [0.3, 0.4) is 0 Å². The molecule has 154 valence electrons. The van der Waals surface area contributed by atoms with Crippen molar-refractivity contribution in [3.05, 3.63) is 35.9 Å². The van der Waals surface area contributed by atoms with E-state index in [0.717, 1.165) is 5.56 Å². The maximum absolute atomic E-state index is 12.6. The lowest BCUT2D eigenvalue weighted by Gasteiger charge is -2.25.